The highest BCUT2D eigenvalue weighted by Crippen LogP contribution is 2.11. The third-order valence-corrected chi connectivity index (χ3v) is 3.52. The molecule has 0 aromatic carbocycles. The third-order valence-electron chi connectivity index (χ3n) is 3.52. The predicted octanol–water partition coefficient (Wildman–Crippen LogP) is 2.59. The Kier molecular flexibility index (Phi) is 12.9. The molecule has 0 aromatic rings. The Morgan fingerprint density at radius 1 is 1.09 bits per heavy atom. The van der Waals surface area contributed by atoms with Gasteiger partial charge in [-0.2, -0.15) is 0 Å². The molecule has 0 aliphatic rings. The van der Waals surface area contributed by atoms with Crippen molar-refractivity contribution in [3.63, 3.8) is 0 Å². The van der Waals surface area contributed by atoms with Crippen LogP contribution in [0, 0.1) is 5.92 Å². The van der Waals surface area contributed by atoms with Gasteiger partial charge in [-0.25, -0.2) is 0 Å². The second-order valence-electron chi connectivity index (χ2n) is 6.21. The molecule has 0 aliphatic heterocycles. The number of esters is 1. The lowest BCUT2D eigenvalue weighted by atomic mass is 10.0. The monoisotopic (exact) mass is 314 g/mol. The number of carbonyl (C=O) groups is 2. The molecule has 1 atom stereocenters. The SMILES string of the molecule is CCCCCCCC(C)C(=O)NCCCOC(=O)CN(C)C. The van der Waals surface area contributed by atoms with Crippen molar-refractivity contribution in [3.05, 3.63) is 0 Å². The van der Waals surface area contributed by atoms with Crippen LogP contribution < -0.4 is 5.32 Å². The first-order chi connectivity index (χ1) is 10.5. The van der Waals surface area contributed by atoms with Crippen molar-refractivity contribution in [2.24, 2.45) is 5.92 Å². The molecule has 5 heteroatoms. The standard InChI is InChI=1S/C17H34N2O3/c1-5-6-7-8-9-11-15(2)17(21)18-12-10-13-22-16(20)14-19(3)4/h15H,5-14H2,1-4H3,(H,18,21). The van der Waals surface area contributed by atoms with Gasteiger partial charge in [0.05, 0.1) is 13.2 Å². The second-order valence-corrected chi connectivity index (χ2v) is 6.21. The molecule has 0 fully saturated rings. The lowest BCUT2D eigenvalue weighted by molar-refractivity contribution is -0.144. The van der Waals surface area contributed by atoms with Gasteiger partial charge in [0.1, 0.15) is 0 Å². The van der Waals surface area contributed by atoms with Crippen LogP contribution in [-0.4, -0.2) is 50.6 Å². The summed E-state index contributed by atoms with van der Waals surface area (Å²) >= 11 is 0. The van der Waals surface area contributed by atoms with E-state index in [0.29, 0.717) is 26.1 Å². The third kappa shape index (κ3) is 12.6. The molecule has 0 heterocycles. The Balaban J connectivity index is 3.53. The molecule has 0 rings (SSSR count). The van der Waals surface area contributed by atoms with Crippen LogP contribution in [0.2, 0.25) is 0 Å². The average molecular weight is 314 g/mol. The van der Waals surface area contributed by atoms with Gasteiger partial charge in [0.15, 0.2) is 0 Å². The molecule has 22 heavy (non-hydrogen) atoms. The molecule has 0 saturated heterocycles. The fourth-order valence-electron chi connectivity index (χ4n) is 2.13. The minimum Gasteiger partial charge on any atom is -0.465 e. The summed E-state index contributed by atoms with van der Waals surface area (Å²) in [6.45, 7) is 5.40. The van der Waals surface area contributed by atoms with E-state index >= 15 is 0 Å². The second kappa shape index (κ2) is 13.6. The van der Waals surface area contributed by atoms with E-state index in [4.69, 9.17) is 4.74 Å². The van der Waals surface area contributed by atoms with Crippen molar-refractivity contribution in [1.29, 1.82) is 0 Å². The Morgan fingerprint density at radius 2 is 1.77 bits per heavy atom. The summed E-state index contributed by atoms with van der Waals surface area (Å²) in [5.74, 6) is -0.0511. The first-order valence-electron chi connectivity index (χ1n) is 8.55. The van der Waals surface area contributed by atoms with E-state index in [2.05, 4.69) is 12.2 Å². The van der Waals surface area contributed by atoms with Crippen LogP contribution >= 0.6 is 0 Å². The molecular weight excluding hydrogens is 280 g/mol. The Labute approximate surface area is 135 Å². The first kappa shape index (κ1) is 20.9. The highest BCUT2D eigenvalue weighted by Gasteiger charge is 2.11. The molecule has 0 bridgehead atoms. The highest BCUT2D eigenvalue weighted by molar-refractivity contribution is 5.78. The van der Waals surface area contributed by atoms with Gasteiger partial charge in [-0.3, -0.25) is 14.5 Å². The topological polar surface area (TPSA) is 58.6 Å². The molecule has 0 aromatic heterocycles. The van der Waals surface area contributed by atoms with Crippen LogP contribution in [0.25, 0.3) is 0 Å². The number of nitrogens with one attached hydrogen (secondary N) is 1. The summed E-state index contributed by atoms with van der Waals surface area (Å²) in [7, 11) is 3.65. The fourth-order valence-corrected chi connectivity index (χ4v) is 2.13. The van der Waals surface area contributed by atoms with E-state index < -0.39 is 0 Å². The summed E-state index contributed by atoms with van der Waals surface area (Å²) in [5.41, 5.74) is 0. The Hall–Kier alpha value is -1.10. The van der Waals surface area contributed by atoms with Crippen LogP contribution in [0.1, 0.15) is 58.8 Å². The van der Waals surface area contributed by atoms with Crippen molar-refractivity contribution in [2.45, 2.75) is 58.8 Å². The van der Waals surface area contributed by atoms with E-state index in [1.54, 1.807) is 4.90 Å². The van der Waals surface area contributed by atoms with Gasteiger partial charge in [0, 0.05) is 12.5 Å². The molecule has 0 radical (unpaired) electrons. The van der Waals surface area contributed by atoms with Gasteiger partial charge in [-0.15, -0.1) is 0 Å². The summed E-state index contributed by atoms with van der Waals surface area (Å²) in [5, 5.41) is 2.91. The van der Waals surface area contributed by atoms with E-state index in [-0.39, 0.29) is 17.8 Å². The zero-order chi connectivity index (χ0) is 16.8. The van der Waals surface area contributed by atoms with Crippen molar-refractivity contribution < 1.29 is 14.3 Å². The Bertz CT molecular complexity index is 306. The lowest BCUT2D eigenvalue weighted by Gasteiger charge is -2.12. The molecule has 0 saturated carbocycles. The maximum Gasteiger partial charge on any atom is 0.320 e. The van der Waals surface area contributed by atoms with Crippen LogP contribution in [0.4, 0.5) is 0 Å². The quantitative estimate of drug-likeness (QED) is 0.419. The highest BCUT2D eigenvalue weighted by atomic mass is 16.5. The molecule has 5 nitrogen and oxygen atoms in total. The minimum absolute atomic E-state index is 0.0675. The summed E-state index contributed by atoms with van der Waals surface area (Å²) in [6.07, 6.45) is 7.75. The average Bonchev–Trinajstić information content (AvgIpc) is 2.45. The van der Waals surface area contributed by atoms with Crippen LogP contribution in [0.5, 0.6) is 0 Å². The summed E-state index contributed by atoms with van der Waals surface area (Å²) in [6, 6.07) is 0. The normalized spacial score (nSPS) is 12.2. The van der Waals surface area contributed by atoms with Gasteiger partial charge in [0.2, 0.25) is 5.91 Å². The molecule has 0 aliphatic carbocycles. The Morgan fingerprint density at radius 3 is 2.41 bits per heavy atom. The van der Waals surface area contributed by atoms with E-state index in [1.807, 2.05) is 21.0 Å². The van der Waals surface area contributed by atoms with Crippen LogP contribution in [0.15, 0.2) is 0 Å². The van der Waals surface area contributed by atoms with Crippen molar-refractivity contribution in [3.8, 4) is 0 Å². The largest absolute Gasteiger partial charge is 0.465 e. The van der Waals surface area contributed by atoms with E-state index in [0.717, 1.165) is 12.8 Å². The maximum absolute atomic E-state index is 11.9. The van der Waals surface area contributed by atoms with Crippen molar-refractivity contribution >= 4 is 11.9 Å². The lowest BCUT2D eigenvalue weighted by Crippen LogP contribution is -2.31. The van der Waals surface area contributed by atoms with Crippen molar-refractivity contribution in [2.75, 3.05) is 33.8 Å². The molecular formula is C17H34N2O3. The van der Waals surface area contributed by atoms with E-state index in [9.17, 15) is 9.59 Å². The first-order valence-corrected chi connectivity index (χ1v) is 8.55. The van der Waals surface area contributed by atoms with Gasteiger partial charge < -0.3 is 10.1 Å². The van der Waals surface area contributed by atoms with Gasteiger partial charge in [0.25, 0.3) is 0 Å². The molecule has 0 spiro atoms. The number of ether oxygens (including phenoxy) is 1. The zero-order valence-electron chi connectivity index (χ0n) is 14.8. The summed E-state index contributed by atoms with van der Waals surface area (Å²) < 4.78 is 5.07. The van der Waals surface area contributed by atoms with Gasteiger partial charge >= 0.3 is 5.97 Å². The van der Waals surface area contributed by atoms with Gasteiger partial charge in [-0.1, -0.05) is 46.0 Å². The molecule has 1 unspecified atom stereocenters. The molecule has 1 amide bonds. The van der Waals surface area contributed by atoms with Gasteiger partial charge in [-0.05, 0) is 26.9 Å². The van der Waals surface area contributed by atoms with E-state index in [1.165, 1.54) is 25.7 Å². The molecule has 130 valence electrons. The fraction of sp³-hybridized carbons (Fsp3) is 0.882. The zero-order valence-corrected chi connectivity index (χ0v) is 14.8. The summed E-state index contributed by atoms with van der Waals surface area (Å²) in [4.78, 5) is 25.0. The number of hydrogen-bond donors (Lipinski definition) is 1. The number of carbonyl (C=O) groups excluding carboxylic acids is 2. The smallest absolute Gasteiger partial charge is 0.320 e. The predicted molar refractivity (Wildman–Crippen MR) is 89.7 cm³/mol. The number of likely N-dealkylation sites (N-methyl/N-ethyl adjacent to an activating group) is 1. The number of unbranched alkanes of at least 4 members (excludes halogenated alkanes) is 4. The number of rotatable bonds is 13. The van der Waals surface area contributed by atoms with Crippen molar-refractivity contribution in [1.82, 2.24) is 10.2 Å². The van der Waals surface area contributed by atoms with Crippen LogP contribution in [-0.2, 0) is 14.3 Å². The number of nitrogens with zero attached hydrogens (tertiary/aromatic N) is 1. The number of amides is 1. The maximum atomic E-state index is 11.9. The molecule has 1 N–H and O–H groups in total. The van der Waals surface area contributed by atoms with Crippen LogP contribution in [0.3, 0.4) is 0 Å². The minimum atomic E-state index is -0.225. The number of hydrogen-bond acceptors (Lipinski definition) is 4.